The first kappa shape index (κ1) is 15.6. The molecule has 0 amide bonds. The molecule has 1 saturated heterocycles. The van der Waals surface area contributed by atoms with E-state index in [2.05, 4.69) is 17.4 Å². The van der Waals surface area contributed by atoms with Crippen molar-refractivity contribution in [1.29, 1.82) is 5.26 Å². The Morgan fingerprint density at radius 2 is 2.17 bits per heavy atom. The maximum atomic E-state index is 8.96. The summed E-state index contributed by atoms with van der Waals surface area (Å²) in [6.45, 7) is 2.65. The van der Waals surface area contributed by atoms with Gasteiger partial charge in [0.05, 0.1) is 25.8 Å². The zero-order valence-electron chi connectivity index (χ0n) is 13.4. The number of nitrogens with zero attached hydrogens (tertiary/aromatic N) is 3. The van der Waals surface area contributed by atoms with E-state index in [4.69, 9.17) is 14.7 Å². The molecule has 0 aliphatic carbocycles. The molecular weight excluding hydrogens is 290 g/mol. The topological polar surface area (TPSA) is 60.1 Å². The second-order valence-electron chi connectivity index (χ2n) is 5.87. The van der Waals surface area contributed by atoms with Crippen LogP contribution in [-0.4, -0.2) is 30.1 Å². The Labute approximate surface area is 136 Å². The fourth-order valence-electron chi connectivity index (χ4n) is 2.99. The van der Waals surface area contributed by atoms with Crippen molar-refractivity contribution in [3.8, 4) is 22.9 Å². The van der Waals surface area contributed by atoms with Crippen molar-refractivity contribution in [1.82, 2.24) is 9.78 Å². The molecule has 1 aromatic heterocycles. The van der Waals surface area contributed by atoms with E-state index < -0.39 is 0 Å². The summed E-state index contributed by atoms with van der Waals surface area (Å²) >= 11 is 0. The minimum absolute atomic E-state index is 0.341. The van der Waals surface area contributed by atoms with Gasteiger partial charge in [-0.1, -0.05) is 6.07 Å². The third kappa shape index (κ3) is 3.72. The van der Waals surface area contributed by atoms with Crippen LogP contribution in [0.25, 0.3) is 11.1 Å². The predicted octanol–water partition coefficient (Wildman–Crippen LogP) is 3.05. The third-order valence-corrected chi connectivity index (χ3v) is 4.30. The Kier molecular flexibility index (Phi) is 4.94. The van der Waals surface area contributed by atoms with E-state index >= 15 is 0 Å². The van der Waals surface area contributed by atoms with E-state index in [0.29, 0.717) is 12.3 Å². The molecule has 5 heteroatoms. The molecule has 0 radical (unpaired) electrons. The van der Waals surface area contributed by atoms with Crippen LogP contribution in [0.5, 0.6) is 5.75 Å². The van der Waals surface area contributed by atoms with E-state index in [1.54, 1.807) is 7.11 Å². The van der Waals surface area contributed by atoms with Gasteiger partial charge in [0.1, 0.15) is 5.75 Å². The van der Waals surface area contributed by atoms with Crippen LogP contribution in [0.3, 0.4) is 0 Å². The van der Waals surface area contributed by atoms with Crippen LogP contribution in [0.4, 0.5) is 0 Å². The molecule has 0 spiro atoms. The van der Waals surface area contributed by atoms with Crippen molar-refractivity contribution >= 4 is 0 Å². The molecular formula is C18H21N3O2. The molecule has 1 aliphatic heterocycles. The first-order valence-electron chi connectivity index (χ1n) is 7.94. The molecule has 0 atom stereocenters. The highest BCUT2D eigenvalue weighted by atomic mass is 16.5. The summed E-state index contributed by atoms with van der Waals surface area (Å²) in [7, 11) is 1.63. The summed E-state index contributed by atoms with van der Waals surface area (Å²) in [5, 5.41) is 13.4. The number of nitriles is 1. The molecule has 0 N–H and O–H groups in total. The van der Waals surface area contributed by atoms with Crippen molar-refractivity contribution in [3.63, 3.8) is 0 Å². The van der Waals surface area contributed by atoms with Crippen molar-refractivity contribution in [2.75, 3.05) is 20.3 Å². The zero-order chi connectivity index (χ0) is 16.1. The molecule has 120 valence electrons. The first-order chi connectivity index (χ1) is 11.3. The van der Waals surface area contributed by atoms with Crippen LogP contribution >= 0.6 is 0 Å². The monoisotopic (exact) mass is 311 g/mol. The van der Waals surface area contributed by atoms with E-state index in [1.165, 1.54) is 0 Å². The van der Waals surface area contributed by atoms with Crippen LogP contribution in [0.2, 0.25) is 0 Å². The highest BCUT2D eigenvalue weighted by molar-refractivity contribution is 5.64. The van der Waals surface area contributed by atoms with Gasteiger partial charge in [-0.05, 0) is 36.5 Å². The Balaban J connectivity index is 1.77. The lowest BCUT2D eigenvalue weighted by molar-refractivity contribution is 0.0601. The van der Waals surface area contributed by atoms with Crippen molar-refractivity contribution in [3.05, 3.63) is 36.2 Å². The van der Waals surface area contributed by atoms with Crippen LogP contribution in [0.15, 0.2) is 30.6 Å². The number of hydrogen-bond acceptors (Lipinski definition) is 4. The predicted molar refractivity (Wildman–Crippen MR) is 87.1 cm³/mol. The average Bonchev–Trinajstić information content (AvgIpc) is 3.04. The largest absolute Gasteiger partial charge is 0.496 e. The van der Waals surface area contributed by atoms with E-state index in [1.807, 2.05) is 29.1 Å². The lowest BCUT2D eigenvalue weighted by atomic mass is 10.0. The summed E-state index contributed by atoms with van der Waals surface area (Å²) in [5.41, 5.74) is 3.04. The fourth-order valence-corrected chi connectivity index (χ4v) is 2.99. The van der Waals surface area contributed by atoms with Gasteiger partial charge in [0.15, 0.2) is 0 Å². The standard InChI is InChI=1S/C18H21N3O2/c1-22-18-3-2-15(10-16(18)4-7-19)17-11-20-21(13-17)12-14-5-8-23-9-6-14/h2-3,10-11,13-14H,4-6,8-9,12H2,1H3. The normalized spacial score (nSPS) is 15.3. The number of hydrogen-bond donors (Lipinski definition) is 0. The maximum Gasteiger partial charge on any atom is 0.123 e. The van der Waals surface area contributed by atoms with E-state index in [-0.39, 0.29) is 0 Å². The number of benzene rings is 1. The molecule has 23 heavy (non-hydrogen) atoms. The maximum absolute atomic E-state index is 8.96. The van der Waals surface area contributed by atoms with Crippen molar-refractivity contribution in [2.24, 2.45) is 5.92 Å². The Morgan fingerprint density at radius 1 is 1.35 bits per heavy atom. The molecule has 1 fully saturated rings. The van der Waals surface area contributed by atoms with Crippen molar-refractivity contribution < 1.29 is 9.47 Å². The number of rotatable bonds is 5. The van der Waals surface area contributed by atoms with Gasteiger partial charge in [0.2, 0.25) is 0 Å². The average molecular weight is 311 g/mol. The minimum atomic E-state index is 0.341. The summed E-state index contributed by atoms with van der Waals surface area (Å²) < 4.78 is 12.7. The number of methoxy groups -OCH3 is 1. The highest BCUT2D eigenvalue weighted by Gasteiger charge is 2.15. The van der Waals surface area contributed by atoms with Gasteiger partial charge in [0.25, 0.3) is 0 Å². The van der Waals surface area contributed by atoms with Gasteiger partial charge in [-0.15, -0.1) is 0 Å². The van der Waals surface area contributed by atoms with Gasteiger partial charge in [-0.25, -0.2) is 0 Å². The Bertz CT molecular complexity index is 697. The summed E-state index contributed by atoms with van der Waals surface area (Å²) in [5.74, 6) is 1.39. The second kappa shape index (κ2) is 7.30. The highest BCUT2D eigenvalue weighted by Crippen LogP contribution is 2.27. The quantitative estimate of drug-likeness (QED) is 0.851. The number of ether oxygens (including phenoxy) is 2. The molecule has 5 nitrogen and oxygen atoms in total. The van der Waals surface area contributed by atoms with Crippen LogP contribution < -0.4 is 4.74 Å². The smallest absolute Gasteiger partial charge is 0.123 e. The molecule has 1 aliphatic rings. The molecule has 0 bridgehead atoms. The van der Waals surface area contributed by atoms with E-state index in [9.17, 15) is 0 Å². The minimum Gasteiger partial charge on any atom is -0.496 e. The van der Waals surface area contributed by atoms with Gasteiger partial charge >= 0.3 is 0 Å². The molecule has 2 aromatic rings. The fraction of sp³-hybridized carbons (Fsp3) is 0.444. The lowest BCUT2D eigenvalue weighted by Gasteiger charge is -2.21. The van der Waals surface area contributed by atoms with Gasteiger partial charge in [-0.2, -0.15) is 10.4 Å². The van der Waals surface area contributed by atoms with E-state index in [0.717, 1.165) is 55.0 Å². The molecule has 0 saturated carbocycles. The molecule has 2 heterocycles. The molecule has 3 rings (SSSR count). The zero-order valence-corrected chi connectivity index (χ0v) is 13.4. The van der Waals surface area contributed by atoms with Gasteiger partial charge in [0, 0.05) is 37.1 Å². The van der Waals surface area contributed by atoms with Crippen molar-refractivity contribution in [2.45, 2.75) is 25.8 Å². The van der Waals surface area contributed by atoms with Gasteiger partial charge < -0.3 is 9.47 Å². The van der Waals surface area contributed by atoms with Crippen LogP contribution in [-0.2, 0) is 17.7 Å². The Hall–Kier alpha value is -2.32. The summed E-state index contributed by atoms with van der Waals surface area (Å²) in [6.07, 6.45) is 6.51. The molecule has 0 unspecified atom stereocenters. The second-order valence-corrected chi connectivity index (χ2v) is 5.87. The lowest BCUT2D eigenvalue weighted by Crippen LogP contribution is -2.20. The van der Waals surface area contributed by atoms with Crippen LogP contribution in [0.1, 0.15) is 18.4 Å². The van der Waals surface area contributed by atoms with Crippen LogP contribution in [0, 0.1) is 17.2 Å². The summed E-state index contributed by atoms with van der Waals surface area (Å²) in [4.78, 5) is 0. The Morgan fingerprint density at radius 3 is 2.91 bits per heavy atom. The third-order valence-electron chi connectivity index (χ3n) is 4.30. The van der Waals surface area contributed by atoms with Gasteiger partial charge in [-0.3, -0.25) is 4.68 Å². The number of aromatic nitrogens is 2. The first-order valence-corrected chi connectivity index (χ1v) is 7.94. The SMILES string of the molecule is COc1ccc(-c2cnn(CC3CCOCC3)c2)cc1CC#N. The molecule has 1 aromatic carbocycles. The summed E-state index contributed by atoms with van der Waals surface area (Å²) in [6, 6.07) is 8.12.